The van der Waals surface area contributed by atoms with Crippen molar-refractivity contribution in [2.75, 3.05) is 39.6 Å². The van der Waals surface area contributed by atoms with E-state index in [1.165, 1.54) is 54.9 Å². The van der Waals surface area contributed by atoms with Gasteiger partial charge in [0.2, 0.25) is 0 Å². The first-order valence-electron chi connectivity index (χ1n) is 10.4. The van der Waals surface area contributed by atoms with Gasteiger partial charge in [-0.05, 0) is 17.7 Å². The van der Waals surface area contributed by atoms with Gasteiger partial charge in [-0.2, -0.15) is 0 Å². The van der Waals surface area contributed by atoms with E-state index in [9.17, 15) is 28.7 Å². The zero-order chi connectivity index (χ0) is 24.9. The second kappa shape index (κ2) is 8.28. The molecule has 0 radical (unpaired) electrons. The predicted octanol–water partition coefficient (Wildman–Crippen LogP) is 0.228. The van der Waals surface area contributed by atoms with Crippen molar-refractivity contribution < 1.29 is 23.9 Å². The number of fused-ring (bicyclic) bond motifs is 3. The Balaban J connectivity index is 1.99. The van der Waals surface area contributed by atoms with Gasteiger partial charge in [0.15, 0.2) is 17.3 Å². The number of carbonyl (C=O) groups excluding carboxylic acids is 3. The number of likely N-dealkylation sites (N-methyl/N-ethyl adjacent to an activating group) is 3. The van der Waals surface area contributed by atoms with E-state index >= 15 is 0 Å². The number of aromatic nitrogens is 3. The Morgan fingerprint density at radius 2 is 1.74 bits per heavy atom. The molecule has 1 aliphatic rings. The summed E-state index contributed by atoms with van der Waals surface area (Å²) < 4.78 is 15.8. The molecule has 0 fully saturated rings. The minimum atomic E-state index is -0.917. The molecule has 0 unspecified atom stereocenters. The van der Waals surface area contributed by atoms with Crippen molar-refractivity contribution in [1.82, 2.24) is 24.1 Å². The van der Waals surface area contributed by atoms with Crippen LogP contribution in [0.1, 0.15) is 16.1 Å². The van der Waals surface area contributed by atoms with Crippen LogP contribution in [0.2, 0.25) is 0 Å². The maximum atomic E-state index is 13.4. The van der Waals surface area contributed by atoms with Crippen LogP contribution in [0.5, 0.6) is 5.75 Å². The number of halogens is 1. The lowest BCUT2D eigenvalue weighted by Gasteiger charge is -2.26. The molecule has 0 saturated carbocycles. The third-order valence-electron chi connectivity index (χ3n) is 5.78. The summed E-state index contributed by atoms with van der Waals surface area (Å²) >= 11 is 0. The Kier molecular flexibility index (Phi) is 5.59. The van der Waals surface area contributed by atoms with Gasteiger partial charge in [-0.25, -0.2) is 9.07 Å². The number of anilines is 1. The molecule has 0 bridgehead atoms. The second-order valence-electron chi connectivity index (χ2n) is 8.28. The highest BCUT2D eigenvalue weighted by Crippen LogP contribution is 2.36. The van der Waals surface area contributed by atoms with Gasteiger partial charge in [-0.3, -0.25) is 24.1 Å². The van der Waals surface area contributed by atoms with Crippen molar-refractivity contribution in [2.24, 2.45) is 0 Å². The molecule has 1 N–H and O–H groups in total. The standard InChI is InChI=1S/C22H23FN6O5/c1-25(2)21(33)22(34)27(4)18-15-14(17(30)16-20(32)26(3)9-10-28(15)16)19(31)29(24-18)11-12-5-7-13(23)8-6-12/h5-8,30H,9-11H2,1-4H3. The summed E-state index contributed by atoms with van der Waals surface area (Å²) in [6.45, 7) is 0.454. The van der Waals surface area contributed by atoms with E-state index in [2.05, 4.69) is 5.10 Å². The Morgan fingerprint density at radius 3 is 2.35 bits per heavy atom. The normalized spacial score (nSPS) is 13.2. The average molecular weight is 470 g/mol. The summed E-state index contributed by atoms with van der Waals surface area (Å²) in [4.78, 5) is 54.8. The van der Waals surface area contributed by atoms with E-state index < -0.39 is 34.8 Å². The molecule has 34 heavy (non-hydrogen) atoms. The van der Waals surface area contributed by atoms with Crippen LogP contribution in [0, 0.1) is 5.82 Å². The molecular formula is C22H23FN6O5. The summed E-state index contributed by atoms with van der Waals surface area (Å²) in [6, 6.07) is 5.41. The van der Waals surface area contributed by atoms with Gasteiger partial charge < -0.3 is 19.5 Å². The van der Waals surface area contributed by atoms with Gasteiger partial charge in [0.25, 0.3) is 11.5 Å². The molecule has 1 aromatic carbocycles. The largest absolute Gasteiger partial charge is 0.505 e. The SMILES string of the molecule is CN(C)C(=O)C(=O)N(C)c1nn(Cc2ccc(F)cc2)c(=O)c2c(O)c3n(c12)CCN(C)C3=O. The molecule has 0 saturated heterocycles. The first-order chi connectivity index (χ1) is 16.0. The Morgan fingerprint density at radius 1 is 1.09 bits per heavy atom. The number of amides is 3. The topological polar surface area (TPSA) is 121 Å². The third kappa shape index (κ3) is 3.56. The number of aromatic hydroxyl groups is 1. The van der Waals surface area contributed by atoms with Crippen molar-refractivity contribution >= 4 is 34.4 Å². The highest BCUT2D eigenvalue weighted by molar-refractivity contribution is 6.40. The minimum Gasteiger partial charge on any atom is -0.505 e. The van der Waals surface area contributed by atoms with Crippen molar-refractivity contribution in [3.05, 3.63) is 51.7 Å². The van der Waals surface area contributed by atoms with Gasteiger partial charge in [0.05, 0.1) is 6.54 Å². The zero-order valence-electron chi connectivity index (χ0n) is 19.1. The molecule has 12 heteroatoms. The van der Waals surface area contributed by atoms with E-state index in [4.69, 9.17) is 0 Å². The Bertz CT molecular complexity index is 1390. The van der Waals surface area contributed by atoms with Crippen LogP contribution >= 0.6 is 0 Å². The molecule has 0 atom stereocenters. The Labute approximate surface area is 193 Å². The van der Waals surface area contributed by atoms with Gasteiger partial charge in [-0.1, -0.05) is 12.1 Å². The van der Waals surface area contributed by atoms with Gasteiger partial charge in [0.1, 0.15) is 16.7 Å². The summed E-state index contributed by atoms with van der Waals surface area (Å²) in [6.07, 6.45) is 0. The molecule has 0 aliphatic carbocycles. The summed E-state index contributed by atoms with van der Waals surface area (Å²) in [5, 5.41) is 15.1. The molecule has 11 nitrogen and oxygen atoms in total. The lowest BCUT2D eigenvalue weighted by Crippen LogP contribution is -2.42. The number of rotatable bonds is 3. The molecule has 2 aromatic heterocycles. The predicted molar refractivity (Wildman–Crippen MR) is 120 cm³/mol. The summed E-state index contributed by atoms with van der Waals surface area (Å²) in [7, 11) is 5.74. The minimum absolute atomic E-state index is 0.0733. The smallest absolute Gasteiger partial charge is 0.317 e. The lowest BCUT2D eigenvalue weighted by atomic mass is 10.2. The van der Waals surface area contributed by atoms with Crippen molar-refractivity contribution in [2.45, 2.75) is 13.1 Å². The summed E-state index contributed by atoms with van der Waals surface area (Å²) in [5.74, 6) is -3.27. The van der Waals surface area contributed by atoms with Crippen LogP contribution in [0.4, 0.5) is 10.2 Å². The van der Waals surface area contributed by atoms with Gasteiger partial charge >= 0.3 is 11.8 Å². The maximum absolute atomic E-state index is 13.4. The molecular weight excluding hydrogens is 447 g/mol. The molecule has 3 aromatic rings. The average Bonchev–Trinajstić information content (AvgIpc) is 3.11. The molecule has 3 amide bonds. The Hall–Kier alpha value is -4.22. The van der Waals surface area contributed by atoms with Crippen LogP contribution in [0.25, 0.3) is 10.9 Å². The van der Waals surface area contributed by atoms with Crippen molar-refractivity contribution in [3.8, 4) is 5.75 Å². The number of benzene rings is 1. The fourth-order valence-electron chi connectivity index (χ4n) is 3.88. The highest BCUT2D eigenvalue weighted by atomic mass is 19.1. The van der Waals surface area contributed by atoms with Crippen molar-refractivity contribution in [1.29, 1.82) is 0 Å². The third-order valence-corrected chi connectivity index (χ3v) is 5.78. The van der Waals surface area contributed by atoms with E-state index in [-0.39, 0.29) is 35.5 Å². The summed E-state index contributed by atoms with van der Waals surface area (Å²) in [5.41, 5.74) is -0.170. The number of nitrogens with zero attached hydrogens (tertiary/aromatic N) is 6. The lowest BCUT2D eigenvalue weighted by molar-refractivity contribution is -0.142. The van der Waals surface area contributed by atoms with Crippen LogP contribution < -0.4 is 10.5 Å². The van der Waals surface area contributed by atoms with E-state index in [1.54, 1.807) is 7.05 Å². The van der Waals surface area contributed by atoms with Crippen molar-refractivity contribution in [3.63, 3.8) is 0 Å². The van der Waals surface area contributed by atoms with Gasteiger partial charge in [0, 0.05) is 41.3 Å². The van der Waals surface area contributed by atoms with Crippen LogP contribution in [0.3, 0.4) is 0 Å². The maximum Gasteiger partial charge on any atom is 0.317 e. The molecule has 4 rings (SSSR count). The monoisotopic (exact) mass is 470 g/mol. The first-order valence-corrected chi connectivity index (χ1v) is 10.4. The van der Waals surface area contributed by atoms with Crippen LogP contribution in [-0.2, 0) is 22.7 Å². The van der Waals surface area contributed by atoms with E-state index in [1.807, 2.05) is 0 Å². The number of hydrogen-bond donors (Lipinski definition) is 1. The second-order valence-corrected chi connectivity index (χ2v) is 8.28. The van der Waals surface area contributed by atoms with Crippen LogP contribution in [0.15, 0.2) is 29.1 Å². The van der Waals surface area contributed by atoms with E-state index in [0.717, 1.165) is 14.5 Å². The zero-order valence-corrected chi connectivity index (χ0v) is 19.1. The first kappa shape index (κ1) is 23.0. The van der Waals surface area contributed by atoms with Gasteiger partial charge in [-0.15, -0.1) is 5.10 Å². The fourth-order valence-corrected chi connectivity index (χ4v) is 3.88. The molecule has 3 heterocycles. The number of carbonyl (C=O) groups is 3. The molecule has 178 valence electrons. The van der Waals surface area contributed by atoms with Crippen LogP contribution in [-0.4, -0.2) is 81.7 Å². The molecule has 1 aliphatic heterocycles. The number of hydrogen-bond acceptors (Lipinski definition) is 6. The van der Waals surface area contributed by atoms with E-state index in [0.29, 0.717) is 12.1 Å². The molecule has 0 spiro atoms. The highest BCUT2D eigenvalue weighted by Gasteiger charge is 2.35. The quantitative estimate of drug-likeness (QED) is 0.547. The fraction of sp³-hybridized carbons (Fsp3) is 0.318.